The topological polar surface area (TPSA) is 89.9 Å². The number of carboxylic acid groups (broad SMARTS) is 1. The van der Waals surface area contributed by atoms with Crippen molar-refractivity contribution >= 4 is 17.7 Å². The quantitative estimate of drug-likeness (QED) is 0.742. The van der Waals surface area contributed by atoms with Crippen molar-refractivity contribution in [1.29, 1.82) is 0 Å². The van der Waals surface area contributed by atoms with E-state index < -0.39 is 5.97 Å². The number of carboxylic acids is 1. The molecule has 1 rings (SSSR count). The molecular weight excluding hydrogens is 260 g/mol. The number of aliphatic hydroxyl groups excluding tert-OH is 1. The summed E-state index contributed by atoms with van der Waals surface area (Å²) in [6.45, 7) is 4.40. The van der Waals surface area contributed by atoms with E-state index >= 15 is 0 Å². The smallest absolute Gasteiger partial charge is 0.335 e. The summed E-state index contributed by atoms with van der Waals surface area (Å²) in [4.78, 5) is 24.5. The first-order chi connectivity index (χ1) is 9.49. The molecule has 110 valence electrons. The van der Waals surface area contributed by atoms with Crippen LogP contribution in [0.2, 0.25) is 0 Å². The summed E-state index contributed by atoms with van der Waals surface area (Å²) in [5.41, 5.74) is 1.37. The van der Waals surface area contributed by atoms with Crippen molar-refractivity contribution in [2.75, 3.05) is 25.0 Å². The number of carbonyl (C=O) groups is 2. The van der Waals surface area contributed by atoms with Crippen molar-refractivity contribution in [1.82, 2.24) is 4.90 Å². The van der Waals surface area contributed by atoms with Crippen molar-refractivity contribution in [3.05, 3.63) is 29.3 Å². The number of nitrogens with one attached hydrogen (secondary N) is 1. The van der Waals surface area contributed by atoms with E-state index in [-0.39, 0.29) is 24.7 Å². The zero-order valence-corrected chi connectivity index (χ0v) is 11.7. The van der Waals surface area contributed by atoms with E-state index in [4.69, 9.17) is 10.2 Å². The van der Waals surface area contributed by atoms with Gasteiger partial charge in [0.15, 0.2) is 0 Å². The van der Waals surface area contributed by atoms with Gasteiger partial charge in [0.1, 0.15) is 0 Å². The lowest BCUT2D eigenvalue weighted by atomic mass is 10.1. The zero-order valence-electron chi connectivity index (χ0n) is 11.7. The highest BCUT2D eigenvalue weighted by molar-refractivity contribution is 5.94. The lowest BCUT2D eigenvalue weighted by Gasteiger charge is -2.22. The fourth-order valence-electron chi connectivity index (χ4n) is 1.79. The minimum atomic E-state index is -1.04. The molecule has 0 heterocycles. The Labute approximate surface area is 118 Å². The van der Waals surface area contributed by atoms with Crippen LogP contribution in [0.5, 0.6) is 0 Å². The zero-order chi connectivity index (χ0) is 15.1. The van der Waals surface area contributed by atoms with Gasteiger partial charge < -0.3 is 20.4 Å². The molecule has 0 atom stereocenters. The predicted octanol–water partition coefficient (Wildman–Crippen LogP) is 1.93. The summed E-state index contributed by atoms with van der Waals surface area (Å²) in [6.07, 6.45) is 0.779. The van der Waals surface area contributed by atoms with Crippen LogP contribution in [0, 0.1) is 6.92 Å². The van der Waals surface area contributed by atoms with Gasteiger partial charge in [0.25, 0.3) is 0 Å². The summed E-state index contributed by atoms with van der Waals surface area (Å²) in [5.74, 6) is -1.04. The SMILES string of the molecule is CCCN(CCO)C(=O)Nc1cc(C(=O)O)ccc1C. The molecule has 1 aromatic rings. The van der Waals surface area contributed by atoms with Crippen LogP contribution in [-0.2, 0) is 0 Å². The lowest BCUT2D eigenvalue weighted by molar-refractivity contribution is 0.0697. The first-order valence-corrected chi connectivity index (χ1v) is 6.50. The Morgan fingerprint density at radius 2 is 2.00 bits per heavy atom. The average molecular weight is 280 g/mol. The molecule has 0 aliphatic heterocycles. The Kier molecular flexibility index (Phi) is 5.99. The molecule has 0 aliphatic rings. The van der Waals surface area contributed by atoms with Gasteiger partial charge in [0.05, 0.1) is 12.2 Å². The van der Waals surface area contributed by atoms with Gasteiger partial charge in [-0.1, -0.05) is 13.0 Å². The molecule has 0 radical (unpaired) electrons. The molecule has 1 aromatic carbocycles. The van der Waals surface area contributed by atoms with Crippen molar-refractivity contribution < 1.29 is 19.8 Å². The number of aromatic carboxylic acids is 1. The molecule has 0 bridgehead atoms. The molecule has 0 fully saturated rings. The minimum absolute atomic E-state index is 0.110. The van der Waals surface area contributed by atoms with E-state index in [0.717, 1.165) is 12.0 Å². The molecule has 0 unspecified atom stereocenters. The van der Waals surface area contributed by atoms with Crippen molar-refractivity contribution in [2.24, 2.45) is 0 Å². The molecule has 0 aromatic heterocycles. The van der Waals surface area contributed by atoms with Gasteiger partial charge in [-0.15, -0.1) is 0 Å². The van der Waals surface area contributed by atoms with Gasteiger partial charge in [0, 0.05) is 18.8 Å². The number of amides is 2. The maximum Gasteiger partial charge on any atom is 0.335 e. The molecule has 0 saturated carbocycles. The predicted molar refractivity (Wildman–Crippen MR) is 76.1 cm³/mol. The number of anilines is 1. The number of aliphatic hydroxyl groups is 1. The van der Waals surface area contributed by atoms with Crippen molar-refractivity contribution in [3.63, 3.8) is 0 Å². The Bertz CT molecular complexity index is 482. The van der Waals surface area contributed by atoms with E-state index in [1.54, 1.807) is 13.0 Å². The number of hydrogen-bond donors (Lipinski definition) is 3. The Morgan fingerprint density at radius 3 is 2.55 bits per heavy atom. The molecule has 6 nitrogen and oxygen atoms in total. The fourth-order valence-corrected chi connectivity index (χ4v) is 1.79. The van der Waals surface area contributed by atoms with Gasteiger partial charge in [-0.3, -0.25) is 0 Å². The van der Waals surface area contributed by atoms with E-state index in [1.165, 1.54) is 17.0 Å². The second kappa shape index (κ2) is 7.49. The summed E-state index contributed by atoms with van der Waals surface area (Å²) < 4.78 is 0. The molecule has 20 heavy (non-hydrogen) atoms. The van der Waals surface area contributed by atoms with E-state index in [0.29, 0.717) is 12.2 Å². The standard InChI is InChI=1S/C14H20N2O4/c1-3-6-16(7-8-17)14(20)15-12-9-11(13(18)19)5-4-10(12)2/h4-5,9,17H,3,6-8H2,1-2H3,(H,15,20)(H,18,19). The largest absolute Gasteiger partial charge is 0.478 e. The minimum Gasteiger partial charge on any atom is -0.478 e. The summed E-state index contributed by atoms with van der Waals surface area (Å²) >= 11 is 0. The Morgan fingerprint density at radius 1 is 1.30 bits per heavy atom. The molecule has 0 aliphatic carbocycles. The van der Waals surface area contributed by atoms with Gasteiger partial charge in [0.2, 0.25) is 0 Å². The molecule has 6 heteroatoms. The molecule has 0 saturated heterocycles. The van der Waals surface area contributed by atoms with Gasteiger partial charge in [-0.25, -0.2) is 9.59 Å². The van der Waals surface area contributed by atoms with Gasteiger partial charge >= 0.3 is 12.0 Å². The van der Waals surface area contributed by atoms with Crippen LogP contribution in [0.1, 0.15) is 29.3 Å². The summed E-state index contributed by atoms with van der Waals surface area (Å²) in [6, 6.07) is 4.23. The third-order valence-corrected chi connectivity index (χ3v) is 2.88. The number of urea groups is 1. The second-order valence-corrected chi connectivity index (χ2v) is 4.48. The van der Waals surface area contributed by atoms with Crippen LogP contribution in [0.15, 0.2) is 18.2 Å². The Balaban J connectivity index is 2.87. The van der Waals surface area contributed by atoms with Gasteiger partial charge in [-0.2, -0.15) is 0 Å². The highest BCUT2D eigenvalue weighted by Gasteiger charge is 2.14. The molecule has 0 spiro atoms. The second-order valence-electron chi connectivity index (χ2n) is 4.48. The lowest BCUT2D eigenvalue weighted by Crippen LogP contribution is -2.37. The third kappa shape index (κ3) is 4.24. The Hall–Kier alpha value is -2.08. The highest BCUT2D eigenvalue weighted by atomic mass is 16.4. The maximum atomic E-state index is 12.1. The molecule has 3 N–H and O–H groups in total. The van der Waals surface area contributed by atoms with E-state index in [1.807, 2.05) is 6.92 Å². The van der Waals surface area contributed by atoms with Crippen molar-refractivity contribution in [3.8, 4) is 0 Å². The number of carbonyl (C=O) groups excluding carboxylic acids is 1. The number of rotatable bonds is 6. The van der Waals surface area contributed by atoms with Gasteiger partial charge in [-0.05, 0) is 31.0 Å². The molecular formula is C14H20N2O4. The third-order valence-electron chi connectivity index (χ3n) is 2.88. The number of aryl methyl sites for hydroxylation is 1. The normalized spacial score (nSPS) is 10.2. The molecule has 2 amide bonds. The van der Waals surface area contributed by atoms with E-state index in [9.17, 15) is 9.59 Å². The average Bonchev–Trinajstić information content (AvgIpc) is 2.40. The van der Waals surface area contributed by atoms with Crippen molar-refractivity contribution in [2.45, 2.75) is 20.3 Å². The first kappa shape index (κ1) is 16.0. The summed E-state index contributed by atoms with van der Waals surface area (Å²) in [7, 11) is 0. The maximum absolute atomic E-state index is 12.1. The monoisotopic (exact) mass is 280 g/mol. The first-order valence-electron chi connectivity index (χ1n) is 6.50. The van der Waals surface area contributed by atoms with Crippen LogP contribution in [0.25, 0.3) is 0 Å². The van der Waals surface area contributed by atoms with Crippen LogP contribution in [0.4, 0.5) is 10.5 Å². The highest BCUT2D eigenvalue weighted by Crippen LogP contribution is 2.17. The van der Waals surface area contributed by atoms with Crippen LogP contribution < -0.4 is 5.32 Å². The number of nitrogens with zero attached hydrogens (tertiary/aromatic N) is 1. The summed E-state index contributed by atoms with van der Waals surface area (Å²) in [5, 5.41) is 20.6. The van der Waals surface area contributed by atoms with Crippen LogP contribution in [-0.4, -0.2) is 46.8 Å². The fraction of sp³-hybridized carbons (Fsp3) is 0.429. The van der Waals surface area contributed by atoms with Crippen LogP contribution >= 0.6 is 0 Å². The number of benzene rings is 1. The van der Waals surface area contributed by atoms with E-state index in [2.05, 4.69) is 5.32 Å². The van der Waals surface area contributed by atoms with Crippen LogP contribution in [0.3, 0.4) is 0 Å². The number of hydrogen-bond acceptors (Lipinski definition) is 3.